The van der Waals surface area contributed by atoms with Gasteiger partial charge in [0.25, 0.3) is 0 Å². The van der Waals surface area contributed by atoms with E-state index in [1.54, 1.807) is 23.5 Å². The normalized spacial score (nSPS) is 19.8. The molecule has 0 amide bonds. The molecular formula is C24H28FN3O2S. The maximum Gasteiger partial charge on any atom is 0.125 e. The van der Waals surface area contributed by atoms with E-state index >= 15 is 0 Å². The number of hydrogen-bond acceptors (Lipinski definition) is 6. The van der Waals surface area contributed by atoms with E-state index in [0.717, 1.165) is 48.1 Å². The molecule has 1 saturated heterocycles. The maximum absolute atomic E-state index is 13.0. The number of nitrogens with zero attached hydrogens (tertiary/aromatic N) is 3. The number of ether oxygens (including phenoxy) is 1. The van der Waals surface area contributed by atoms with Gasteiger partial charge in [-0.3, -0.25) is 9.88 Å². The summed E-state index contributed by atoms with van der Waals surface area (Å²) >= 11 is 1.59. The number of hydrogen-bond donors (Lipinski definition) is 1. The molecule has 5 nitrogen and oxygen atoms in total. The first-order valence-electron chi connectivity index (χ1n) is 10.7. The number of aryl methyl sites for hydroxylation is 1. The molecule has 0 unspecified atom stereocenters. The van der Waals surface area contributed by atoms with Gasteiger partial charge in [0.05, 0.1) is 12.3 Å². The lowest BCUT2D eigenvalue weighted by Gasteiger charge is -2.24. The molecule has 0 aliphatic carbocycles. The lowest BCUT2D eigenvalue weighted by molar-refractivity contribution is 0.0207. The van der Waals surface area contributed by atoms with Gasteiger partial charge >= 0.3 is 0 Å². The third-order valence-electron chi connectivity index (χ3n) is 5.76. The number of aromatic nitrogens is 2. The van der Waals surface area contributed by atoms with Crippen molar-refractivity contribution in [1.82, 2.24) is 14.9 Å². The minimum atomic E-state index is -0.877. The summed E-state index contributed by atoms with van der Waals surface area (Å²) in [5.41, 5.74) is 1.32. The zero-order valence-corrected chi connectivity index (χ0v) is 18.6. The van der Waals surface area contributed by atoms with Gasteiger partial charge in [-0.15, -0.1) is 11.3 Å². The van der Waals surface area contributed by atoms with Crippen molar-refractivity contribution in [3.63, 3.8) is 0 Å². The minimum Gasteiger partial charge on any atom is -0.493 e. The molecule has 31 heavy (non-hydrogen) atoms. The Bertz CT molecular complexity index is 980. The second-order valence-electron chi connectivity index (χ2n) is 8.10. The molecule has 0 saturated carbocycles. The van der Waals surface area contributed by atoms with Crippen LogP contribution in [0.2, 0.25) is 0 Å². The topological polar surface area (TPSA) is 58.5 Å². The number of thiazole rings is 1. The first kappa shape index (κ1) is 21.9. The largest absolute Gasteiger partial charge is 0.493 e. The summed E-state index contributed by atoms with van der Waals surface area (Å²) in [6.45, 7) is 5.16. The van der Waals surface area contributed by atoms with E-state index in [0.29, 0.717) is 25.2 Å². The van der Waals surface area contributed by atoms with Crippen LogP contribution in [-0.2, 0) is 18.6 Å². The molecule has 2 aromatic heterocycles. The van der Waals surface area contributed by atoms with Crippen LogP contribution >= 0.6 is 11.3 Å². The van der Waals surface area contributed by atoms with Crippen molar-refractivity contribution in [2.75, 3.05) is 19.7 Å². The lowest BCUT2D eigenvalue weighted by Crippen LogP contribution is -2.29. The summed E-state index contributed by atoms with van der Waals surface area (Å²) in [6.07, 6.45) is 6.69. The van der Waals surface area contributed by atoms with Crippen LogP contribution in [0.15, 0.2) is 48.8 Å². The van der Waals surface area contributed by atoms with Crippen molar-refractivity contribution in [1.29, 1.82) is 0 Å². The van der Waals surface area contributed by atoms with Crippen LogP contribution in [-0.4, -0.2) is 39.7 Å². The van der Waals surface area contributed by atoms with Gasteiger partial charge in [-0.2, -0.15) is 0 Å². The maximum atomic E-state index is 13.0. The number of halogens is 1. The van der Waals surface area contributed by atoms with Crippen LogP contribution in [0.3, 0.4) is 0 Å². The summed E-state index contributed by atoms with van der Waals surface area (Å²) in [6, 6.07) is 10.1. The molecule has 164 valence electrons. The van der Waals surface area contributed by atoms with Crippen molar-refractivity contribution >= 4 is 11.3 Å². The predicted octanol–water partition coefficient (Wildman–Crippen LogP) is 4.48. The Morgan fingerprint density at radius 2 is 1.90 bits per heavy atom. The predicted molar refractivity (Wildman–Crippen MR) is 120 cm³/mol. The number of benzene rings is 1. The second kappa shape index (κ2) is 9.85. The van der Waals surface area contributed by atoms with Crippen molar-refractivity contribution < 1.29 is 14.2 Å². The Kier molecular flexibility index (Phi) is 6.95. The van der Waals surface area contributed by atoms with Gasteiger partial charge in [-0.05, 0) is 74.7 Å². The Hall–Kier alpha value is -2.35. The second-order valence-corrected chi connectivity index (χ2v) is 9.18. The van der Waals surface area contributed by atoms with E-state index in [2.05, 4.69) is 9.88 Å². The number of aliphatic hydroxyl groups is 1. The molecular weight excluding hydrogens is 413 g/mol. The highest BCUT2D eigenvalue weighted by atomic mass is 32.1. The van der Waals surface area contributed by atoms with Crippen LogP contribution in [0.1, 0.15) is 40.4 Å². The monoisotopic (exact) mass is 441 g/mol. The van der Waals surface area contributed by atoms with Gasteiger partial charge in [0.2, 0.25) is 0 Å². The summed E-state index contributed by atoms with van der Waals surface area (Å²) in [5.74, 6) is 0.381. The zero-order valence-electron chi connectivity index (χ0n) is 17.8. The molecule has 1 N–H and O–H groups in total. The van der Waals surface area contributed by atoms with Gasteiger partial charge in [0.15, 0.2) is 0 Å². The van der Waals surface area contributed by atoms with Gasteiger partial charge in [-0.25, -0.2) is 9.37 Å². The third kappa shape index (κ3) is 5.67. The quantitative estimate of drug-likeness (QED) is 0.586. The molecule has 1 fully saturated rings. The van der Waals surface area contributed by atoms with Gasteiger partial charge < -0.3 is 9.84 Å². The number of pyridine rings is 1. The van der Waals surface area contributed by atoms with Crippen molar-refractivity contribution in [3.05, 3.63) is 75.8 Å². The summed E-state index contributed by atoms with van der Waals surface area (Å²) in [5, 5.41) is 12.2. The molecule has 4 rings (SSSR count). The Morgan fingerprint density at radius 1 is 1.13 bits per heavy atom. The summed E-state index contributed by atoms with van der Waals surface area (Å²) < 4.78 is 18.7. The molecule has 1 atom stereocenters. The van der Waals surface area contributed by atoms with Crippen LogP contribution in [0, 0.1) is 12.7 Å². The highest BCUT2D eigenvalue weighted by molar-refractivity contribution is 7.11. The fourth-order valence-corrected chi connectivity index (χ4v) is 5.13. The van der Waals surface area contributed by atoms with E-state index in [9.17, 15) is 9.50 Å². The molecule has 0 radical (unpaired) electrons. The fraction of sp³-hybridized carbons (Fsp3) is 0.417. The smallest absolute Gasteiger partial charge is 0.125 e. The van der Waals surface area contributed by atoms with Crippen LogP contribution in [0.25, 0.3) is 0 Å². The molecule has 1 aliphatic heterocycles. The molecule has 7 heteroatoms. The number of rotatable bonds is 7. The lowest BCUT2D eigenvalue weighted by atomic mass is 9.96. The third-order valence-corrected chi connectivity index (χ3v) is 7.17. The van der Waals surface area contributed by atoms with E-state index < -0.39 is 5.60 Å². The zero-order chi connectivity index (χ0) is 21.7. The van der Waals surface area contributed by atoms with Crippen LogP contribution in [0.5, 0.6) is 5.75 Å². The Labute approximate surface area is 186 Å². The Balaban J connectivity index is 1.35. The first-order chi connectivity index (χ1) is 15.0. The summed E-state index contributed by atoms with van der Waals surface area (Å²) in [4.78, 5) is 12.3. The molecule has 0 bridgehead atoms. The average molecular weight is 442 g/mol. The van der Waals surface area contributed by atoms with E-state index in [-0.39, 0.29) is 5.82 Å². The van der Waals surface area contributed by atoms with E-state index in [1.807, 2.05) is 31.5 Å². The molecule has 1 aromatic carbocycles. The van der Waals surface area contributed by atoms with E-state index in [1.165, 1.54) is 17.7 Å². The van der Waals surface area contributed by atoms with Gasteiger partial charge in [-0.1, -0.05) is 0 Å². The number of likely N-dealkylation sites (tertiary alicyclic amines) is 1. The van der Waals surface area contributed by atoms with Gasteiger partial charge in [0.1, 0.15) is 22.2 Å². The van der Waals surface area contributed by atoms with Crippen LogP contribution < -0.4 is 4.74 Å². The van der Waals surface area contributed by atoms with E-state index in [4.69, 9.17) is 9.72 Å². The standard InChI is InChI=1S/C24H28FN3O2S/c1-18-22(9-16-30-21-5-3-20(25)4-6-21)31-23(27-18)24(29)10-2-14-28(15-11-24)17-19-7-12-26-13-8-19/h3-8,12-13,29H,2,9-11,14-17H2,1H3/t24-/m1/s1. The average Bonchev–Trinajstić information content (AvgIpc) is 3.04. The van der Waals surface area contributed by atoms with Crippen molar-refractivity contribution in [2.45, 2.75) is 44.8 Å². The molecule has 1 aliphatic rings. The highest BCUT2D eigenvalue weighted by Gasteiger charge is 2.35. The fourth-order valence-electron chi connectivity index (χ4n) is 3.94. The minimum absolute atomic E-state index is 0.272. The Morgan fingerprint density at radius 3 is 2.68 bits per heavy atom. The van der Waals surface area contributed by atoms with Gasteiger partial charge in [0, 0.05) is 36.8 Å². The first-order valence-corrected chi connectivity index (χ1v) is 11.5. The molecule has 0 spiro atoms. The highest BCUT2D eigenvalue weighted by Crippen LogP contribution is 2.37. The van der Waals surface area contributed by atoms with Crippen molar-refractivity contribution in [2.24, 2.45) is 0 Å². The van der Waals surface area contributed by atoms with Crippen LogP contribution in [0.4, 0.5) is 4.39 Å². The SMILES string of the molecule is Cc1nc([C@@]2(O)CCCN(Cc3ccncc3)CC2)sc1CCOc1ccc(F)cc1. The molecule has 3 aromatic rings. The summed E-state index contributed by atoms with van der Waals surface area (Å²) in [7, 11) is 0. The molecule has 3 heterocycles. The van der Waals surface area contributed by atoms with Crippen molar-refractivity contribution in [3.8, 4) is 5.75 Å².